The Balaban J connectivity index is 1.26. The zero-order valence-corrected chi connectivity index (χ0v) is 18.6. The first-order valence-electron chi connectivity index (χ1n) is 9.97. The topological polar surface area (TPSA) is 74.8 Å². The van der Waals surface area contributed by atoms with Crippen LogP contribution in [0.1, 0.15) is 5.56 Å². The first-order chi connectivity index (χ1) is 14.6. The van der Waals surface area contributed by atoms with Crippen LogP contribution < -0.4 is 15.0 Å². The summed E-state index contributed by atoms with van der Waals surface area (Å²) in [6, 6.07) is 13.9. The molecule has 0 amide bonds. The van der Waals surface area contributed by atoms with Crippen molar-refractivity contribution in [3.05, 3.63) is 48.0 Å². The van der Waals surface area contributed by atoms with Gasteiger partial charge in [0.1, 0.15) is 16.5 Å². The van der Waals surface area contributed by atoms with E-state index in [1.807, 2.05) is 30.3 Å². The number of anilines is 2. The fourth-order valence-electron chi connectivity index (χ4n) is 3.65. The second-order valence-electron chi connectivity index (χ2n) is 7.27. The first-order valence-corrected chi connectivity index (χ1v) is 12.1. The van der Waals surface area contributed by atoms with Crippen LogP contribution in [0.3, 0.4) is 0 Å². The maximum absolute atomic E-state index is 10.9. The van der Waals surface area contributed by atoms with Crippen molar-refractivity contribution in [1.82, 2.24) is 9.88 Å². The number of benzene rings is 2. The predicted molar refractivity (Wildman–Crippen MR) is 124 cm³/mol. The Kier molecular flexibility index (Phi) is 6.71. The van der Waals surface area contributed by atoms with Crippen molar-refractivity contribution in [3.8, 4) is 5.75 Å². The van der Waals surface area contributed by atoms with Gasteiger partial charge < -0.3 is 15.0 Å². The van der Waals surface area contributed by atoms with E-state index in [4.69, 9.17) is 4.74 Å². The van der Waals surface area contributed by atoms with Crippen LogP contribution >= 0.6 is 11.3 Å². The molecule has 0 saturated carbocycles. The summed E-state index contributed by atoms with van der Waals surface area (Å²) in [6.07, 6.45) is 0. The number of hydrogen-bond donors (Lipinski definition) is 2. The number of aromatic nitrogens is 1. The van der Waals surface area contributed by atoms with Crippen molar-refractivity contribution in [2.24, 2.45) is 0 Å². The van der Waals surface area contributed by atoms with Crippen LogP contribution in [0.5, 0.6) is 5.75 Å². The smallest absolute Gasteiger partial charge is 0.183 e. The molecule has 7 nitrogen and oxygen atoms in total. The Morgan fingerprint density at radius 1 is 1.13 bits per heavy atom. The Morgan fingerprint density at radius 2 is 1.97 bits per heavy atom. The zero-order chi connectivity index (χ0) is 20.9. The number of hydrogen-bond acceptors (Lipinski definition) is 8. The lowest BCUT2D eigenvalue weighted by Crippen LogP contribution is -2.47. The van der Waals surface area contributed by atoms with Gasteiger partial charge in [0.15, 0.2) is 5.13 Å². The van der Waals surface area contributed by atoms with Crippen LogP contribution in [0.15, 0.2) is 42.5 Å². The van der Waals surface area contributed by atoms with Crippen molar-refractivity contribution in [1.29, 1.82) is 0 Å². The van der Waals surface area contributed by atoms with E-state index in [9.17, 15) is 8.42 Å². The van der Waals surface area contributed by atoms with E-state index in [1.165, 1.54) is 5.69 Å². The molecule has 0 atom stereocenters. The van der Waals surface area contributed by atoms with Gasteiger partial charge in [-0.2, -0.15) is 0 Å². The maximum atomic E-state index is 10.9. The van der Waals surface area contributed by atoms with Gasteiger partial charge in [-0.05, 0) is 29.8 Å². The molecular formula is C21H26N4O3S2. The molecular weight excluding hydrogens is 420 g/mol. The molecule has 2 aromatic carbocycles. The molecule has 9 heteroatoms. The average Bonchev–Trinajstić information content (AvgIpc) is 3.16. The Bertz CT molecular complexity index is 1070. The third kappa shape index (κ3) is 5.21. The molecule has 1 aliphatic rings. The van der Waals surface area contributed by atoms with Crippen molar-refractivity contribution >= 4 is 43.1 Å². The Morgan fingerprint density at radius 3 is 2.73 bits per heavy atom. The highest BCUT2D eigenvalue weighted by molar-refractivity contribution is 7.71. The van der Waals surface area contributed by atoms with Gasteiger partial charge in [0.25, 0.3) is 0 Å². The minimum atomic E-state index is -2.41. The second kappa shape index (κ2) is 9.63. The van der Waals surface area contributed by atoms with Gasteiger partial charge in [-0.25, -0.2) is 13.4 Å². The van der Waals surface area contributed by atoms with Gasteiger partial charge in [0.05, 0.1) is 23.1 Å². The van der Waals surface area contributed by atoms with E-state index in [0.717, 1.165) is 65.9 Å². The molecule has 160 valence electrons. The summed E-state index contributed by atoms with van der Waals surface area (Å²) in [5.41, 5.74) is 2.92. The molecule has 0 unspecified atom stereocenters. The molecule has 0 bridgehead atoms. The summed E-state index contributed by atoms with van der Waals surface area (Å²) in [4.78, 5) is 9.46. The average molecular weight is 447 g/mol. The Hall–Kier alpha value is -2.36. The van der Waals surface area contributed by atoms with Gasteiger partial charge in [0, 0.05) is 51.0 Å². The highest BCUT2D eigenvalue weighted by Gasteiger charge is 2.17. The number of thiazole rings is 1. The van der Waals surface area contributed by atoms with E-state index in [2.05, 4.69) is 32.2 Å². The number of nitrogens with zero attached hydrogens (tertiary/aromatic N) is 3. The van der Waals surface area contributed by atoms with Crippen molar-refractivity contribution in [3.63, 3.8) is 0 Å². The predicted octanol–water partition coefficient (Wildman–Crippen LogP) is 2.65. The summed E-state index contributed by atoms with van der Waals surface area (Å²) < 4.78 is 28.2. The molecule has 0 spiro atoms. The molecule has 2 heterocycles. The van der Waals surface area contributed by atoms with Gasteiger partial charge in [-0.15, -0.1) is 0 Å². The fourth-order valence-corrected chi connectivity index (χ4v) is 5.10. The van der Waals surface area contributed by atoms with E-state index < -0.39 is 10.7 Å². The SMILES string of the molecule is COc1cccc(N2CCN(CCNc3nc4ccc(C[SH](=O)=O)cc4s3)CC2)c1. The van der Waals surface area contributed by atoms with E-state index in [0.29, 0.717) is 0 Å². The normalized spacial score (nSPS) is 15.1. The van der Waals surface area contributed by atoms with Gasteiger partial charge >= 0.3 is 0 Å². The third-order valence-corrected chi connectivity index (χ3v) is 6.86. The molecule has 1 aliphatic heterocycles. The minimum Gasteiger partial charge on any atom is -0.497 e. The monoisotopic (exact) mass is 446 g/mol. The van der Waals surface area contributed by atoms with E-state index in [-0.39, 0.29) is 5.75 Å². The van der Waals surface area contributed by atoms with Gasteiger partial charge in [-0.1, -0.05) is 23.5 Å². The summed E-state index contributed by atoms with van der Waals surface area (Å²) in [7, 11) is -0.712. The number of nitrogens with one attached hydrogen (secondary N) is 1. The van der Waals surface area contributed by atoms with Crippen LogP contribution in [0.2, 0.25) is 0 Å². The molecule has 30 heavy (non-hydrogen) atoms. The lowest BCUT2D eigenvalue weighted by molar-refractivity contribution is 0.267. The molecule has 0 aliphatic carbocycles. The largest absolute Gasteiger partial charge is 0.497 e. The van der Waals surface area contributed by atoms with Crippen LogP contribution in [-0.4, -0.2) is 64.7 Å². The molecule has 1 N–H and O–H groups in total. The Labute approximate surface area is 182 Å². The fraction of sp³-hybridized carbons (Fsp3) is 0.381. The number of thiol groups is 1. The summed E-state index contributed by atoms with van der Waals surface area (Å²) >= 11 is 1.57. The van der Waals surface area contributed by atoms with Gasteiger partial charge in [-0.3, -0.25) is 4.90 Å². The first kappa shape index (κ1) is 20.9. The van der Waals surface area contributed by atoms with Crippen LogP contribution in [0.4, 0.5) is 10.8 Å². The van der Waals surface area contributed by atoms with E-state index >= 15 is 0 Å². The van der Waals surface area contributed by atoms with Crippen molar-refractivity contribution in [2.75, 3.05) is 56.6 Å². The number of piperazine rings is 1. The standard InChI is InChI=1S/C21H26N4O3S2/c1-28-18-4-2-3-17(14-18)25-11-9-24(10-12-25)8-7-22-21-23-19-6-5-16(15-30(26)27)13-20(19)29-21/h2-6,13-14,30H,7-12,15H2,1H3,(H,22,23). The highest BCUT2D eigenvalue weighted by Crippen LogP contribution is 2.27. The number of methoxy groups -OCH3 is 1. The highest BCUT2D eigenvalue weighted by atomic mass is 32.2. The van der Waals surface area contributed by atoms with Crippen LogP contribution in [0, 0.1) is 0 Å². The lowest BCUT2D eigenvalue weighted by Gasteiger charge is -2.36. The van der Waals surface area contributed by atoms with Crippen molar-refractivity contribution < 1.29 is 13.2 Å². The molecule has 1 fully saturated rings. The molecule has 3 aromatic rings. The molecule has 4 rings (SSSR count). The quantitative estimate of drug-likeness (QED) is 0.515. The number of ether oxygens (including phenoxy) is 1. The van der Waals surface area contributed by atoms with Crippen LogP contribution in [-0.2, 0) is 16.5 Å². The van der Waals surface area contributed by atoms with Crippen LogP contribution in [0.25, 0.3) is 10.2 Å². The minimum absolute atomic E-state index is 0.0771. The van der Waals surface area contributed by atoms with Crippen molar-refractivity contribution in [2.45, 2.75) is 5.75 Å². The van der Waals surface area contributed by atoms with E-state index in [1.54, 1.807) is 18.4 Å². The third-order valence-electron chi connectivity index (χ3n) is 5.26. The zero-order valence-electron chi connectivity index (χ0n) is 16.9. The number of rotatable bonds is 8. The maximum Gasteiger partial charge on any atom is 0.183 e. The number of fused-ring (bicyclic) bond motifs is 1. The second-order valence-corrected chi connectivity index (χ2v) is 9.28. The lowest BCUT2D eigenvalue weighted by atomic mass is 10.2. The summed E-state index contributed by atoms with van der Waals surface area (Å²) in [6.45, 7) is 5.84. The summed E-state index contributed by atoms with van der Waals surface area (Å²) in [5, 5.41) is 4.29. The molecule has 1 saturated heterocycles. The van der Waals surface area contributed by atoms with Gasteiger partial charge in [0.2, 0.25) is 0 Å². The molecule has 1 aromatic heterocycles. The molecule has 0 radical (unpaired) electrons. The summed E-state index contributed by atoms with van der Waals surface area (Å²) in [5.74, 6) is 0.970.